The van der Waals surface area contributed by atoms with Crippen LogP contribution >= 0.6 is 0 Å². The Kier molecular flexibility index (Phi) is 3.62. The molecule has 0 bridgehead atoms. The monoisotopic (exact) mass is 301 g/mol. The zero-order valence-corrected chi connectivity index (χ0v) is 11.6. The topological polar surface area (TPSA) is 93.7 Å². The van der Waals surface area contributed by atoms with Crippen molar-refractivity contribution in [2.24, 2.45) is 7.05 Å². The highest BCUT2D eigenvalue weighted by atomic mass is 19.4. The average Bonchev–Trinajstić information content (AvgIpc) is 2.66. The van der Waals surface area contributed by atoms with E-state index in [9.17, 15) is 13.2 Å². The number of hydrogen-bond acceptors (Lipinski definition) is 6. The van der Waals surface area contributed by atoms with Crippen molar-refractivity contribution >= 4 is 23.3 Å². The van der Waals surface area contributed by atoms with Crippen LogP contribution in [0.1, 0.15) is 11.3 Å². The quantitative estimate of drug-likeness (QED) is 0.801. The maximum Gasteiger partial charge on any atom is 0.421 e. The normalized spacial score (nSPS) is 11.5. The molecule has 0 aliphatic heterocycles. The van der Waals surface area contributed by atoms with Gasteiger partial charge in [0.1, 0.15) is 22.9 Å². The maximum atomic E-state index is 12.8. The summed E-state index contributed by atoms with van der Waals surface area (Å²) in [7, 11) is 3.40. The van der Waals surface area contributed by atoms with E-state index >= 15 is 0 Å². The van der Waals surface area contributed by atoms with Crippen LogP contribution < -0.4 is 16.4 Å². The number of anilines is 4. The Hall–Kier alpha value is -2.52. The molecule has 0 aliphatic carbocycles. The number of aryl methyl sites for hydroxylation is 2. The minimum atomic E-state index is -4.59. The predicted molar refractivity (Wildman–Crippen MR) is 72.2 cm³/mol. The van der Waals surface area contributed by atoms with Gasteiger partial charge in [-0.2, -0.15) is 23.3 Å². The molecule has 2 heterocycles. The highest BCUT2D eigenvalue weighted by molar-refractivity contribution is 5.69. The molecule has 0 amide bonds. The average molecular weight is 301 g/mol. The van der Waals surface area contributed by atoms with Crippen molar-refractivity contribution in [3.05, 3.63) is 17.5 Å². The molecule has 0 radical (unpaired) electrons. The Bertz CT molecular complexity index is 639. The third kappa shape index (κ3) is 2.83. The van der Waals surface area contributed by atoms with Gasteiger partial charge < -0.3 is 16.4 Å². The van der Waals surface area contributed by atoms with Gasteiger partial charge in [-0.3, -0.25) is 4.68 Å². The zero-order chi connectivity index (χ0) is 15.8. The van der Waals surface area contributed by atoms with Gasteiger partial charge in [0, 0.05) is 14.1 Å². The van der Waals surface area contributed by atoms with Crippen LogP contribution in [-0.4, -0.2) is 26.8 Å². The van der Waals surface area contributed by atoms with E-state index in [1.165, 1.54) is 13.1 Å². The molecule has 0 saturated carbocycles. The Morgan fingerprint density at radius 2 is 1.95 bits per heavy atom. The molecule has 0 aliphatic rings. The summed E-state index contributed by atoms with van der Waals surface area (Å²) in [6.07, 6.45) is -3.09. The van der Waals surface area contributed by atoms with Gasteiger partial charge in [-0.1, -0.05) is 0 Å². The molecule has 10 heteroatoms. The molecule has 0 saturated heterocycles. The van der Waals surface area contributed by atoms with E-state index in [2.05, 4.69) is 25.7 Å². The van der Waals surface area contributed by atoms with E-state index < -0.39 is 17.6 Å². The van der Waals surface area contributed by atoms with Gasteiger partial charge in [0.2, 0.25) is 5.95 Å². The van der Waals surface area contributed by atoms with E-state index in [4.69, 9.17) is 5.73 Å². The largest absolute Gasteiger partial charge is 0.421 e. The Morgan fingerprint density at radius 1 is 1.29 bits per heavy atom. The van der Waals surface area contributed by atoms with E-state index in [-0.39, 0.29) is 11.6 Å². The van der Waals surface area contributed by atoms with Crippen LogP contribution in [0.3, 0.4) is 0 Å². The maximum absolute atomic E-state index is 12.8. The number of hydrogen-bond donors (Lipinski definition) is 3. The molecule has 2 aromatic heterocycles. The first kappa shape index (κ1) is 14.9. The smallest absolute Gasteiger partial charge is 0.383 e. The van der Waals surface area contributed by atoms with Crippen LogP contribution in [0.5, 0.6) is 0 Å². The van der Waals surface area contributed by atoms with Crippen molar-refractivity contribution in [2.45, 2.75) is 13.1 Å². The number of alkyl halides is 3. The molecule has 0 spiro atoms. The standard InChI is InChI=1S/C11H14F3N7/c1-5-7(11(12,13)14)8(15)20-10(18-5)19-6-4-17-21(3)9(6)16-2/h4,16H,1-3H3,(H3,15,18,19,20). The van der Waals surface area contributed by atoms with Crippen LogP contribution in [0.15, 0.2) is 6.20 Å². The van der Waals surface area contributed by atoms with Crippen LogP contribution in [-0.2, 0) is 13.2 Å². The lowest BCUT2D eigenvalue weighted by molar-refractivity contribution is -0.137. The molecule has 114 valence electrons. The second kappa shape index (κ2) is 5.11. The number of nitrogens with two attached hydrogens (primary N) is 1. The lowest BCUT2D eigenvalue weighted by Crippen LogP contribution is -2.15. The molecule has 0 aromatic carbocycles. The van der Waals surface area contributed by atoms with E-state index in [1.54, 1.807) is 18.8 Å². The number of aromatic nitrogens is 4. The fourth-order valence-electron chi connectivity index (χ4n) is 1.95. The molecular formula is C11H14F3N7. The molecule has 0 unspecified atom stereocenters. The first-order chi connectivity index (χ1) is 9.74. The highest BCUT2D eigenvalue weighted by Gasteiger charge is 2.36. The van der Waals surface area contributed by atoms with Crippen molar-refractivity contribution in [1.29, 1.82) is 0 Å². The van der Waals surface area contributed by atoms with Crippen molar-refractivity contribution in [3.8, 4) is 0 Å². The highest BCUT2D eigenvalue weighted by Crippen LogP contribution is 2.35. The molecule has 7 nitrogen and oxygen atoms in total. The fourth-order valence-corrected chi connectivity index (χ4v) is 1.95. The van der Waals surface area contributed by atoms with Gasteiger partial charge in [0.15, 0.2) is 0 Å². The van der Waals surface area contributed by atoms with E-state index in [0.717, 1.165) is 0 Å². The second-order valence-electron chi connectivity index (χ2n) is 4.30. The number of nitrogens with one attached hydrogen (secondary N) is 2. The summed E-state index contributed by atoms with van der Waals surface area (Å²) in [6, 6.07) is 0. The van der Waals surface area contributed by atoms with Gasteiger partial charge in [0.05, 0.1) is 11.9 Å². The van der Waals surface area contributed by atoms with E-state index in [1.807, 2.05) is 0 Å². The van der Waals surface area contributed by atoms with Gasteiger partial charge in [0.25, 0.3) is 0 Å². The summed E-state index contributed by atoms with van der Waals surface area (Å²) in [4.78, 5) is 7.44. The number of halogens is 3. The summed E-state index contributed by atoms with van der Waals surface area (Å²) < 4.78 is 39.9. The Morgan fingerprint density at radius 3 is 2.48 bits per heavy atom. The third-order valence-corrected chi connectivity index (χ3v) is 2.82. The molecule has 4 N–H and O–H groups in total. The number of rotatable bonds is 3. The second-order valence-corrected chi connectivity index (χ2v) is 4.30. The van der Waals surface area contributed by atoms with Crippen LogP contribution in [0.2, 0.25) is 0 Å². The predicted octanol–water partition coefficient (Wildman–Crippen LogP) is 1.90. The molecule has 2 aromatic rings. The van der Waals surface area contributed by atoms with E-state index in [0.29, 0.717) is 11.5 Å². The van der Waals surface area contributed by atoms with Crippen molar-refractivity contribution in [3.63, 3.8) is 0 Å². The third-order valence-electron chi connectivity index (χ3n) is 2.82. The Balaban J connectivity index is 2.39. The lowest BCUT2D eigenvalue weighted by atomic mass is 10.2. The lowest BCUT2D eigenvalue weighted by Gasteiger charge is -2.13. The van der Waals surface area contributed by atoms with Gasteiger partial charge >= 0.3 is 6.18 Å². The van der Waals surface area contributed by atoms with Gasteiger partial charge in [-0.25, -0.2) is 4.98 Å². The van der Waals surface area contributed by atoms with Crippen molar-refractivity contribution in [1.82, 2.24) is 19.7 Å². The first-order valence-corrected chi connectivity index (χ1v) is 5.92. The van der Waals surface area contributed by atoms with Gasteiger partial charge in [-0.15, -0.1) is 0 Å². The SMILES string of the molecule is CNc1c(Nc2nc(C)c(C(F)(F)F)c(N)n2)cnn1C. The molecule has 0 atom stereocenters. The summed E-state index contributed by atoms with van der Waals surface area (Å²) in [5.41, 5.74) is 4.65. The number of nitrogen functional groups attached to an aromatic ring is 1. The minimum absolute atomic E-state index is 0.0255. The van der Waals surface area contributed by atoms with Crippen LogP contribution in [0.4, 0.5) is 36.4 Å². The summed E-state index contributed by atoms with van der Waals surface area (Å²) in [5, 5.41) is 9.70. The molecule has 2 rings (SSSR count). The van der Waals surface area contributed by atoms with Gasteiger partial charge in [-0.05, 0) is 6.92 Å². The van der Waals surface area contributed by atoms with Crippen LogP contribution in [0, 0.1) is 6.92 Å². The zero-order valence-electron chi connectivity index (χ0n) is 11.6. The minimum Gasteiger partial charge on any atom is -0.383 e. The first-order valence-electron chi connectivity index (χ1n) is 5.92. The Labute approximate surface area is 118 Å². The van der Waals surface area contributed by atoms with Crippen LogP contribution in [0.25, 0.3) is 0 Å². The van der Waals surface area contributed by atoms with Crippen molar-refractivity contribution < 1.29 is 13.2 Å². The fraction of sp³-hybridized carbons (Fsp3) is 0.364. The molecule has 21 heavy (non-hydrogen) atoms. The molecular weight excluding hydrogens is 287 g/mol. The summed E-state index contributed by atoms with van der Waals surface area (Å²) >= 11 is 0. The summed E-state index contributed by atoms with van der Waals surface area (Å²) in [6.45, 7) is 1.23. The molecule has 0 fully saturated rings. The number of nitrogens with zero attached hydrogens (tertiary/aromatic N) is 4. The summed E-state index contributed by atoms with van der Waals surface area (Å²) in [5.74, 6) is -0.00961. The van der Waals surface area contributed by atoms with Crippen molar-refractivity contribution in [2.75, 3.05) is 23.4 Å².